The summed E-state index contributed by atoms with van der Waals surface area (Å²) in [5, 5.41) is 2.97. The summed E-state index contributed by atoms with van der Waals surface area (Å²) in [5.41, 5.74) is 1.13. The Morgan fingerprint density at radius 1 is 1.07 bits per heavy atom. The lowest BCUT2D eigenvalue weighted by molar-refractivity contribution is -0.142. The third-order valence-electron chi connectivity index (χ3n) is 4.88. The van der Waals surface area contributed by atoms with Gasteiger partial charge < -0.3 is 15.0 Å². The molecule has 0 heterocycles. The highest BCUT2D eigenvalue weighted by Gasteiger charge is 2.28. The van der Waals surface area contributed by atoms with Gasteiger partial charge in [0.25, 0.3) is 5.91 Å². The van der Waals surface area contributed by atoms with Gasteiger partial charge in [0.05, 0.1) is 0 Å². The van der Waals surface area contributed by atoms with Gasteiger partial charge in [-0.1, -0.05) is 66.5 Å². The molecule has 162 valence electrons. The van der Waals surface area contributed by atoms with Crippen molar-refractivity contribution in [2.24, 2.45) is 0 Å². The molecule has 30 heavy (non-hydrogen) atoms. The van der Waals surface area contributed by atoms with Gasteiger partial charge in [-0.05, 0) is 49.1 Å². The molecule has 2 aromatic rings. The number of hydrogen-bond donors (Lipinski definition) is 1. The second-order valence-electron chi connectivity index (χ2n) is 7.13. The van der Waals surface area contributed by atoms with E-state index in [2.05, 4.69) is 28.2 Å². The number of halogens is 1. The number of ether oxygens (including phenoxy) is 1. The van der Waals surface area contributed by atoms with Gasteiger partial charge in [-0.3, -0.25) is 9.59 Å². The van der Waals surface area contributed by atoms with Crippen LogP contribution in [-0.4, -0.2) is 42.5 Å². The highest BCUT2D eigenvalue weighted by molar-refractivity contribution is 9.10. The van der Waals surface area contributed by atoms with Crippen LogP contribution in [0.2, 0.25) is 0 Å². The van der Waals surface area contributed by atoms with Gasteiger partial charge in [0.1, 0.15) is 11.8 Å². The van der Waals surface area contributed by atoms with Gasteiger partial charge >= 0.3 is 0 Å². The van der Waals surface area contributed by atoms with E-state index in [0.717, 1.165) is 22.9 Å². The maximum atomic E-state index is 13.1. The largest absolute Gasteiger partial charge is 0.484 e. The number of unbranched alkanes of at least 4 members (excludes halogenated alkanes) is 1. The van der Waals surface area contributed by atoms with Gasteiger partial charge in [0.2, 0.25) is 5.91 Å². The lowest BCUT2D eigenvalue weighted by atomic mass is 10.1. The number of nitrogens with one attached hydrogen (secondary N) is 1. The first-order chi connectivity index (χ1) is 14.5. The van der Waals surface area contributed by atoms with Crippen molar-refractivity contribution < 1.29 is 14.3 Å². The number of carbonyl (C=O) groups excluding carboxylic acids is 2. The van der Waals surface area contributed by atoms with Crippen molar-refractivity contribution in [3.05, 3.63) is 64.6 Å². The Morgan fingerprint density at radius 2 is 1.77 bits per heavy atom. The number of amides is 2. The molecular weight excluding hydrogens is 444 g/mol. The Kier molecular flexibility index (Phi) is 10.4. The quantitative estimate of drug-likeness (QED) is 0.457. The van der Waals surface area contributed by atoms with Crippen LogP contribution in [-0.2, 0) is 16.0 Å². The minimum Gasteiger partial charge on any atom is -0.484 e. The molecule has 6 heteroatoms. The van der Waals surface area contributed by atoms with E-state index in [0.29, 0.717) is 31.7 Å². The predicted octanol–water partition coefficient (Wildman–Crippen LogP) is 4.59. The van der Waals surface area contributed by atoms with Crippen molar-refractivity contribution in [1.82, 2.24) is 10.2 Å². The van der Waals surface area contributed by atoms with Crippen LogP contribution in [0.5, 0.6) is 5.75 Å². The number of nitrogens with zero attached hydrogens (tertiary/aromatic N) is 1. The summed E-state index contributed by atoms with van der Waals surface area (Å²) in [7, 11) is 0. The molecule has 0 aromatic heterocycles. The Morgan fingerprint density at radius 3 is 2.40 bits per heavy atom. The van der Waals surface area contributed by atoms with Crippen molar-refractivity contribution >= 4 is 27.7 Å². The van der Waals surface area contributed by atoms with Gasteiger partial charge in [0.15, 0.2) is 6.61 Å². The SMILES string of the molecule is CCCCNC(=O)[C@H](CC)N(CCc1ccccc1)C(=O)COc1ccc(Br)cc1. The molecule has 0 aliphatic heterocycles. The zero-order chi connectivity index (χ0) is 21.8. The van der Waals surface area contributed by atoms with Crippen molar-refractivity contribution in [1.29, 1.82) is 0 Å². The molecular formula is C24H31BrN2O3. The zero-order valence-corrected chi connectivity index (χ0v) is 19.4. The van der Waals surface area contributed by atoms with Crippen LogP contribution in [0.1, 0.15) is 38.7 Å². The smallest absolute Gasteiger partial charge is 0.261 e. The van der Waals surface area contributed by atoms with Crippen molar-refractivity contribution in [3.8, 4) is 5.75 Å². The fourth-order valence-corrected chi connectivity index (χ4v) is 3.43. The Hall–Kier alpha value is -2.34. The minimum atomic E-state index is -0.508. The van der Waals surface area contributed by atoms with Gasteiger partial charge in [0, 0.05) is 17.6 Å². The molecule has 0 radical (unpaired) electrons. The lowest BCUT2D eigenvalue weighted by Crippen LogP contribution is -2.51. The second-order valence-corrected chi connectivity index (χ2v) is 8.05. The van der Waals surface area contributed by atoms with E-state index in [1.165, 1.54) is 0 Å². The molecule has 0 unspecified atom stereocenters. The fraction of sp³-hybridized carbons (Fsp3) is 0.417. The van der Waals surface area contributed by atoms with Crippen LogP contribution < -0.4 is 10.1 Å². The van der Waals surface area contributed by atoms with Gasteiger partial charge in [-0.2, -0.15) is 0 Å². The molecule has 2 amide bonds. The van der Waals surface area contributed by atoms with Crippen LogP contribution >= 0.6 is 15.9 Å². The van der Waals surface area contributed by atoms with Crippen molar-refractivity contribution in [2.75, 3.05) is 19.7 Å². The Balaban J connectivity index is 2.08. The Bertz CT molecular complexity index is 781. The second kappa shape index (κ2) is 13.1. The minimum absolute atomic E-state index is 0.101. The summed E-state index contributed by atoms with van der Waals surface area (Å²) in [6.45, 7) is 5.00. The van der Waals surface area contributed by atoms with E-state index in [-0.39, 0.29) is 18.4 Å². The summed E-state index contributed by atoms with van der Waals surface area (Å²) < 4.78 is 6.63. The number of carbonyl (C=O) groups is 2. The molecule has 0 aliphatic carbocycles. The van der Waals surface area contributed by atoms with Gasteiger partial charge in [-0.15, -0.1) is 0 Å². The summed E-state index contributed by atoms with van der Waals surface area (Å²) >= 11 is 3.39. The average Bonchev–Trinajstić information content (AvgIpc) is 2.76. The summed E-state index contributed by atoms with van der Waals surface area (Å²) in [5.74, 6) is 0.331. The topological polar surface area (TPSA) is 58.6 Å². The molecule has 0 bridgehead atoms. The highest BCUT2D eigenvalue weighted by Crippen LogP contribution is 2.17. The van der Waals surface area contributed by atoms with E-state index in [4.69, 9.17) is 4.74 Å². The highest BCUT2D eigenvalue weighted by atomic mass is 79.9. The molecule has 2 aromatic carbocycles. The molecule has 0 aliphatic rings. The van der Waals surface area contributed by atoms with Crippen molar-refractivity contribution in [2.45, 2.75) is 45.6 Å². The fourth-order valence-electron chi connectivity index (χ4n) is 3.16. The van der Waals surface area contributed by atoms with Crippen LogP contribution in [0.4, 0.5) is 0 Å². The molecule has 1 atom stereocenters. The maximum absolute atomic E-state index is 13.1. The third-order valence-corrected chi connectivity index (χ3v) is 5.40. The maximum Gasteiger partial charge on any atom is 0.261 e. The zero-order valence-electron chi connectivity index (χ0n) is 17.8. The molecule has 5 nitrogen and oxygen atoms in total. The number of benzene rings is 2. The summed E-state index contributed by atoms with van der Waals surface area (Å²) in [4.78, 5) is 27.5. The standard InChI is InChI=1S/C24H31BrN2O3/c1-3-5-16-26-24(29)22(4-2)27(17-15-19-9-7-6-8-10-19)23(28)18-30-21-13-11-20(25)12-14-21/h6-14,22H,3-5,15-18H2,1-2H3,(H,26,29)/t22-/m0/s1. The molecule has 0 saturated carbocycles. The first-order valence-corrected chi connectivity index (χ1v) is 11.3. The summed E-state index contributed by atoms with van der Waals surface area (Å²) in [6.07, 6.45) is 3.17. The first kappa shape index (κ1) is 23.9. The predicted molar refractivity (Wildman–Crippen MR) is 123 cm³/mol. The van der Waals surface area contributed by atoms with E-state index < -0.39 is 6.04 Å². The van der Waals surface area contributed by atoms with E-state index in [1.807, 2.05) is 49.4 Å². The van der Waals surface area contributed by atoms with Crippen LogP contribution in [0, 0.1) is 0 Å². The average molecular weight is 475 g/mol. The monoisotopic (exact) mass is 474 g/mol. The Labute approximate surface area is 187 Å². The molecule has 0 fully saturated rings. The molecule has 2 rings (SSSR count). The lowest BCUT2D eigenvalue weighted by Gasteiger charge is -2.30. The van der Waals surface area contributed by atoms with Crippen LogP contribution in [0.25, 0.3) is 0 Å². The molecule has 1 N–H and O–H groups in total. The molecule has 0 spiro atoms. The first-order valence-electron chi connectivity index (χ1n) is 10.5. The third kappa shape index (κ3) is 7.82. The normalized spacial score (nSPS) is 11.6. The number of rotatable bonds is 12. The summed E-state index contributed by atoms with van der Waals surface area (Å²) in [6, 6.07) is 16.8. The van der Waals surface area contributed by atoms with E-state index >= 15 is 0 Å². The van der Waals surface area contributed by atoms with E-state index in [9.17, 15) is 9.59 Å². The van der Waals surface area contributed by atoms with Crippen LogP contribution in [0.15, 0.2) is 59.1 Å². The van der Waals surface area contributed by atoms with Gasteiger partial charge in [-0.25, -0.2) is 0 Å². The van der Waals surface area contributed by atoms with E-state index in [1.54, 1.807) is 17.0 Å². The molecule has 0 saturated heterocycles. The van der Waals surface area contributed by atoms with Crippen LogP contribution in [0.3, 0.4) is 0 Å². The number of hydrogen-bond acceptors (Lipinski definition) is 3. The van der Waals surface area contributed by atoms with Crippen molar-refractivity contribution in [3.63, 3.8) is 0 Å².